The maximum atomic E-state index is 6.03. The first-order valence-electron chi connectivity index (χ1n) is 9.26. The van der Waals surface area contributed by atoms with Crippen LogP contribution in [0.5, 0.6) is 0 Å². The molecule has 0 aliphatic rings. The average Bonchev–Trinajstić information content (AvgIpc) is 2.64. The highest BCUT2D eigenvalue weighted by Gasteiger charge is 2.40. The van der Waals surface area contributed by atoms with Crippen LogP contribution in [0.15, 0.2) is 60.7 Å². The number of rotatable bonds is 11. The van der Waals surface area contributed by atoms with Crippen molar-refractivity contribution >= 4 is 8.80 Å². The summed E-state index contributed by atoms with van der Waals surface area (Å²) < 4.78 is 18.1. The highest BCUT2D eigenvalue weighted by Crippen LogP contribution is 2.32. The second-order valence-electron chi connectivity index (χ2n) is 5.89. The van der Waals surface area contributed by atoms with E-state index in [1.54, 1.807) is 0 Å². The molecule has 0 saturated carbocycles. The van der Waals surface area contributed by atoms with Gasteiger partial charge in [-0.1, -0.05) is 60.7 Å². The van der Waals surface area contributed by atoms with Crippen molar-refractivity contribution in [3.8, 4) is 0 Å². The van der Waals surface area contributed by atoms with E-state index >= 15 is 0 Å². The smallest absolute Gasteiger partial charge is 0.374 e. The minimum absolute atomic E-state index is 0.315. The Labute approximate surface area is 153 Å². The summed E-state index contributed by atoms with van der Waals surface area (Å²) in [6.45, 7) is 7.87. The first kappa shape index (κ1) is 19.9. The van der Waals surface area contributed by atoms with Crippen LogP contribution < -0.4 is 0 Å². The topological polar surface area (TPSA) is 27.7 Å². The molecule has 0 amide bonds. The van der Waals surface area contributed by atoms with Crippen molar-refractivity contribution in [1.82, 2.24) is 0 Å². The van der Waals surface area contributed by atoms with Gasteiger partial charge in [-0.15, -0.1) is 0 Å². The third kappa shape index (κ3) is 5.78. The van der Waals surface area contributed by atoms with Crippen LogP contribution >= 0.6 is 0 Å². The van der Waals surface area contributed by atoms with Gasteiger partial charge in [-0.3, -0.25) is 0 Å². The summed E-state index contributed by atoms with van der Waals surface area (Å²) in [5.41, 5.74) is 2.64. The fraction of sp³-hybridized carbons (Fsp3) is 0.429. The van der Waals surface area contributed by atoms with Gasteiger partial charge < -0.3 is 13.3 Å². The van der Waals surface area contributed by atoms with Crippen LogP contribution in [0.4, 0.5) is 0 Å². The van der Waals surface area contributed by atoms with Gasteiger partial charge >= 0.3 is 8.80 Å². The second kappa shape index (κ2) is 10.5. The summed E-state index contributed by atoms with van der Waals surface area (Å²) in [5.74, 6) is 0.315. The molecule has 136 valence electrons. The Hall–Kier alpha value is -1.46. The van der Waals surface area contributed by atoms with Gasteiger partial charge in [0.2, 0.25) is 0 Å². The zero-order chi connectivity index (χ0) is 18.0. The van der Waals surface area contributed by atoms with Crippen LogP contribution in [0.3, 0.4) is 0 Å². The lowest BCUT2D eigenvalue weighted by Crippen LogP contribution is -2.46. The molecule has 0 aliphatic heterocycles. The number of benzene rings is 2. The third-order valence-corrected chi connectivity index (χ3v) is 7.32. The summed E-state index contributed by atoms with van der Waals surface area (Å²) in [5, 5.41) is 0. The molecular weight excluding hydrogens is 328 g/mol. The monoisotopic (exact) mass is 358 g/mol. The molecule has 2 aromatic rings. The summed E-state index contributed by atoms with van der Waals surface area (Å²) in [6, 6.07) is 22.1. The lowest BCUT2D eigenvalue weighted by molar-refractivity contribution is 0.0705. The minimum atomic E-state index is -2.62. The van der Waals surface area contributed by atoms with Crippen LogP contribution in [0, 0.1) is 0 Å². The Bertz CT molecular complexity index is 532. The molecule has 0 spiro atoms. The molecule has 0 aliphatic carbocycles. The van der Waals surface area contributed by atoms with Crippen molar-refractivity contribution in [1.29, 1.82) is 0 Å². The summed E-state index contributed by atoms with van der Waals surface area (Å²) in [7, 11) is -2.62. The van der Waals surface area contributed by atoms with E-state index in [-0.39, 0.29) is 0 Å². The lowest BCUT2D eigenvalue weighted by Gasteiger charge is -2.30. The molecule has 0 radical (unpaired) electrons. The Morgan fingerprint density at radius 1 is 0.680 bits per heavy atom. The van der Waals surface area contributed by atoms with Crippen molar-refractivity contribution in [2.75, 3.05) is 19.8 Å². The van der Waals surface area contributed by atoms with E-state index in [0.717, 1.165) is 12.5 Å². The van der Waals surface area contributed by atoms with Gasteiger partial charge in [-0.25, -0.2) is 0 Å². The quantitative estimate of drug-likeness (QED) is 0.513. The average molecular weight is 359 g/mol. The maximum absolute atomic E-state index is 6.03. The molecule has 25 heavy (non-hydrogen) atoms. The third-order valence-electron chi connectivity index (χ3n) is 4.24. The van der Waals surface area contributed by atoms with Gasteiger partial charge in [0.25, 0.3) is 0 Å². The fourth-order valence-corrected chi connectivity index (χ4v) is 5.86. The van der Waals surface area contributed by atoms with E-state index in [4.69, 9.17) is 13.3 Å². The Kier molecular flexibility index (Phi) is 8.35. The molecule has 0 aromatic heterocycles. The van der Waals surface area contributed by atoms with E-state index in [0.29, 0.717) is 25.7 Å². The van der Waals surface area contributed by atoms with E-state index in [9.17, 15) is 0 Å². The molecule has 0 fully saturated rings. The predicted octanol–water partition coefficient (Wildman–Crippen LogP) is 5.26. The van der Waals surface area contributed by atoms with Crippen molar-refractivity contribution < 1.29 is 13.3 Å². The molecule has 2 rings (SSSR count). The summed E-state index contributed by atoms with van der Waals surface area (Å²) in [6.07, 6.45) is 0.945. The van der Waals surface area contributed by atoms with Crippen LogP contribution in [0.2, 0.25) is 6.04 Å². The van der Waals surface area contributed by atoms with Gasteiger partial charge in [0.05, 0.1) is 0 Å². The normalized spacial score (nSPS) is 11.8. The number of hydrogen-bond donors (Lipinski definition) is 0. The zero-order valence-corrected chi connectivity index (χ0v) is 16.6. The fourth-order valence-electron chi connectivity index (χ4n) is 3.22. The molecule has 0 N–H and O–H groups in total. The van der Waals surface area contributed by atoms with Crippen molar-refractivity contribution in [3.63, 3.8) is 0 Å². The zero-order valence-electron chi connectivity index (χ0n) is 15.6. The SMILES string of the molecule is CCO[Si](CCC(c1ccccc1)c1ccccc1)(OCC)OCC. The van der Waals surface area contributed by atoms with Gasteiger partial charge in [0.1, 0.15) is 0 Å². The molecule has 0 saturated heterocycles. The van der Waals surface area contributed by atoms with E-state index < -0.39 is 8.80 Å². The highest BCUT2D eigenvalue weighted by atomic mass is 28.4. The van der Waals surface area contributed by atoms with Crippen LogP contribution in [0.25, 0.3) is 0 Å². The van der Waals surface area contributed by atoms with Gasteiger partial charge in [-0.05, 0) is 38.3 Å². The van der Waals surface area contributed by atoms with Gasteiger partial charge in [-0.2, -0.15) is 0 Å². The summed E-state index contributed by atoms with van der Waals surface area (Å²) >= 11 is 0. The van der Waals surface area contributed by atoms with E-state index in [1.807, 2.05) is 20.8 Å². The second-order valence-corrected chi connectivity index (χ2v) is 8.63. The Morgan fingerprint density at radius 3 is 1.44 bits per heavy atom. The lowest BCUT2D eigenvalue weighted by atomic mass is 9.89. The molecule has 4 heteroatoms. The molecule has 0 heterocycles. The van der Waals surface area contributed by atoms with Crippen molar-refractivity contribution in [3.05, 3.63) is 71.8 Å². The van der Waals surface area contributed by atoms with E-state index in [1.165, 1.54) is 11.1 Å². The van der Waals surface area contributed by atoms with E-state index in [2.05, 4.69) is 60.7 Å². The number of hydrogen-bond acceptors (Lipinski definition) is 3. The molecule has 0 atom stereocenters. The molecule has 3 nitrogen and oxygen atoms in total. The minimum Gasteiger partial charge on any atom is -0.374 e. The Morgan fingerprint density at radius 2 is 1.08 bits per heavy atom. The largest absolute Gasteiger partial charge is 0.500 e. The van der Waals surface area contributed by atoms with Gasteiger partial charge in [0, 0.05) is 31.8 Å². The van der Waals surface area contributed by atoms with Crippen LogP contribution in [0.1, 0.15) is 44.2 Å². The molecule has 0 unspecified atom stereocenters. The maximum Gasteiger partial charge on any atom is 0.500 e. The van der Waals surface area contributed by atoms with Crippen molar-refractivity contribution in [2.24, 2.45) is 0 Å². The first-order valence-corrected chi connectivity index (χ1v) is 11.2. The van der Waals surface area contributed by atoms with Gasteiger partial charge in [0.15, 0.2) is 0 Å². The van der Waals surface area contributed by atoms with Crippen LogP contribution in [-0.2, 0) is 13.3 Å². The highest BCUT2D eigenvalue weighted by molar-refractivity contribution is 6.60. The predicted molar refractivity (Wildman–Crippen MR) is 105 cm³/mol. The Balaban J connectivity index is 2.23. The van der Waals surface area contributed by atoms with Crippen LogP contribution in [-0.4, -0.2) is 28.6 Å². The molecule has 2 aromatic carbocycles. The first-order chi connectivity index (χ1) is 12.2. The van der Waals surface area contributed by atoms with Crippen molar-refractivity contribution in [2.45, 2.75) is 39.2 Å². The summed E-state index contributed by atoms with van der Waals surface area (Å²) in [4.78, 5) is 0. The molecule has 0 bridgehead atoms. The standard InChI is InChI=1S/C21H30O3Si/c1-4-22-25(23-5-2,24-6-3)18-17-21(19-13-9-7-10-14-19)20-15-11-8-12-16-20/h7-16,21H,4-6,17-18H2,1-3H3. The molecular formula is C21H30O3Si.